The third-order valence-electron chi connectivity index (χ3n) is 1.36. The van der Waals surface area contributed by atoms with Gasteiger partial charge in [0.1, 0.15) is 0 Å². The van der Waals surface area contributed by atoms with Crippen LogP contribution in [0.3, 0.4) is 0 Å². The van der Waals surface area contributed by atoms with Crippen LogP contribution in [-0.4, -0.2) is 5.78 Å². The Kier molecular flexibility index (Phi) is 2.61. The molecule has 1 rings (SSSR count). The molecule has 11 heavy (non-hydrogen) atoms. The molecule has 1 aromatic rings. The topological polar surface area (TPSA) is 17.1 Å². The SMILES string of the molecule is C=CCC(=O)c1c[c]ccc1. The minimum Gasteiger partial charge on any atom is -0.294 e. The average Bonchev–Trinajstić information content (AvgIpc) is 2.07. The van der Waals surface area contributed by atoms with Crippen molar-refractivity contribution in [3.05, 3.63) is 48.6 Å². The lowest BCUT2D eigenvalue weighted by Crippen LogP contribution is -1.95. The Labute approximate surface area is 66.4 Å². The van der Waals surface area contributed by atoms with E-state index in [1.165, 1.54) is 0 Å². The van der Waals surface area contributed by atoms with E-state index in [4.69, 9.17) is 0 Å². The highest BCUT2D eigenvalue weighted by Gasteiger charge is 1.99. The van der Waals surface area contributed by atoms with E-state index in [0.29, 0.717) is 12.0 Å². The van der Waals surface area contributed by atoms with Crippen LogP contribution in [0.5, 0.6) is 0 Å². The largest absolute Gasteiger partial charge is 0.294 e. The van der Waals surface area contributed by atoms with Gasteiger partial charge in [-0.05, 0) is 12.1 Å². The first-order valence-corrected chi connectivity index (χ1v) is 3.45. The summed E-state index contributed by atoms with van der Waals surface area (Å²) in [5.41, 5.74) is 0.701. The Balaban J connectivity index is 2.77. The smallest absolute Gasteiger partial charge is 0.166 e. The van der Waals surface area contributed by atoms with Crippen LogP contribution in [0.1, 0.15) is 16.8 Å². The Morgan fingerprint density at radius 1 is 1.73 bits per heavy atom. The average molecular weight is 145 g/mol. The molecule has 0 saturated carbocycles. The van der Waals surface area contributed by atoms with Gasteiger partial charge in [0.2, 0.25) is 0 Å². The molecule has 0 N–H and O–H groups in total. The molecule has 0 aliphatic heterocycles. The molecule has 0 atom stereocenters. The lowest BCUT2D eigenvalue weighted by molar-refractivity contribution is 0.0996. The second-order valence-electron chi connectivity index (χ2n) is 2.21. The summed E-state index contributed by atoms with van der Waals surface area (Å²) in [6, 6.07) is 9.88. The summed E-state index contributed by atoms with van der Waals surface area (Å²) < 4.78 is 0. The Morgan fingerprint density at radius 3 is 3.09 bits per heavy atom. The zero-order valence-corrected chi connectivity index (χ0v) is 6.21. The fraction of sp³-hybridized carbons (Fsp3) is 0.100. The van der Waals surface area contributed by atoms with Crippen LogP contribution in [0.25, 0.3) is 0 Å². The van der Waals surface area contributed by atoms with Gasteiger partial charge in [0.05, 0.1) is 0 Å². The molecule has 1 heteroatoms. The van der Waals surface area contributed by atoms with Gasteiger partial charge in [-0.15, -0.1) is 6.58 Å². The van der Waals surface area contributed by atoms with Crippen LogP contribution >= 0.6 is 0 Å². The fourth-order valence-electron chi connectivity index (χ4n) is 0.816. The number of allylic oxidation sites excluding steroid dienone is 1. The molecule has 0 bridgehead atoms. The first-order valence-electron chi connectivity index (χ1n) is 3.45. The maximum Gasteiger partial charge on any atom is 0.166 e. The van der Waals surface area contributed by atoms with E-state index in [1.54, 1.807) is 30.3 Å². The zero-order valence-electron chi connectivity index (χ0n) is 6.21. The lowest BCUT2D eigenvalue weighted by atomic mass is 10.1. The minimum atomic E-state index is 0.0943. The van der Waals surface area contributed by atoms with Gasteiger partial charge in [-0.3, -0.25) is 4.79 Å². The van der Waals surface area contributed by atoms with Crippen LogP contribution in [0.15, 0.2) is 36.9 Å². The molecular formula is C10H9O. The van der Waals surface area contributed by atoms with Crippen molar-refractivity contribution in [3.63, 3.8) is 0 Å². The van der Waals surface area contributed by atoms with E-state index in [2.05, 4.69) is 12.6 Å². The molecule has 0 saturated heterocycles. The summed E-state index contributed by atoms with van der Waals surface area (Å²) in [5.74, 6) is 0.0943. The highest BCUT2D eigenvalue weighted by atomic mass is 16.1. The summed E-state index contributed by atoms with van der Waals surface area (Å²) in [7, 11) is 0. The second kappa shape index (κ2) is 3.71. The van der Waals surface area contributed by atoms with E-state index in [-0.39, 0.29) is 5.78 Å². The molecular weight excluding hydrogens is 136 g/mol. The molecule has 1 nitrogen and oxygen atoms in total. The molecule has 0 aliphatic carbocycles. The number of benzene rings is 1. The summed E-state index contributed by atoms with van der Waals surface area (Å²) in [4.78, 5) is 11.2. The number of carbonyl (C=O) groups is 1. The third kappa shape index (κ3) is 2.04. The van der Waals surface area contributed by atoms with Crippen LogP contribution in [0, 0.1) is 6.07 Å². The van der Waals surface area contributed by atoms with Gasteiger partial charge in [-0.25, -0.2) is 0 Å². The van der Waals surface area contributed by atoms with E-state index in [9.17, 15) is 4.79 Å². The van der Waals surface area contributed by atoms with Gasteiger partial charge in [0.25, 0.3) is 0 Å². The highest BCUT2D eigenvalue weighted by molar-refractivity contribution is 5.96. The standard InChI is InChI=1S/C10H9O/c1-2-6-10(11)9-7-4-3-5-8-9/h2-4,7-8H,1,6H2. The van der Waals surface area contributed by atoms with Crippen LogP contribution in [0.4, 0.5) is 0 Å². The number of hydrogen-bond acceptors (Lipinski definition) is 1. The summed E-state index contributed by atoms with van der Waals surface area (Å²) in [6.45, 7) is 3.50. The van der Waals surface area contributed by atoms with Gasteiger partial charge >= 0.3 is 0 Å². The van der Waals surface area contributed by atoms with Crippen molar-refractivity contribution in [3.8, 4) is 0 Å². The summed E-state index contributed by atoms with van der Waals surface area (Å²) in [6.07, 6.45) is 2.01. The molecule has 1 radical (unpaired) electrons. The van der Waals surface area contributed by atoms with Gasteiger partial charge in [-0.2, -0.15) is 0 Å². The van der Waals surface area contributed by atoms with Gasteiger partial charge in [-0.1, -0.05) is 24.3 Å². The minimum absolute atomic E-state index is 0.0943. The van der Waals surface area contributed by atoms with Crippen molar-refractivity contribution in [2.75, 3.05) is 0 Å². The lowest BCUT2D eigenvalue weighted by Gasteiger charge is -1.94. The quantitative estimate of drug-likeness (QED) is 0.471. The van der Waals surface area contributed by atoms with Crippen molar-refractivity contribution in [1.82, 2.24) is 0 Å². The molecule has 1 aromatic carbocycles. The van der Waals surface area contributed by atoms with Gasteiger partial charge in [0.15, 0.2) is 5.78 Å². The summed E-state index contributed by atoms with van der Waals surface area (Å²) in [5, 5.41) is 0. The highest BCUT2D eigenvalue weighted by Crippen LogP contribution is 2.01. The predicted octanol–water partition coefficient (Wildman–Crippen LogP) is 2.25. The van der Waals surface area contributed by atoms with Crippen LogP contribution in [-0.2, 0) is 0 Å². The third-order valence-corrected chi connectivity index (χ3v) is 1.36. The van der Waals surface area contributed by atoms with Gasteiger partial charge in [0, 0.05) is 12.0 Å². The summed E-state index contributed by atoms with van der Waals surface area (Å²) >= 11 is 0. The molecule has 0 heterocycles. The van der Waals surface area contributed by atoms with Crippen molar-refractivity contribution < 1.29 is 4.79 Å². The number of rotatable bonds is 3. The van der Waals surface area contributed by atoms with Crippen LogP contribution in [0.2, 0.25) is 0 Å². The van der Waals surface area contributed by atoms with Crippen molar-refractivity contribution in [2.45, 2.75) is 6.42 Å². The van der Waals surface area contributed by atoms with Gasteiger partial charge < -0.3 is 0 Å². The maximum absolute atomic E-state index is 11.2. The Hall–Kier alpha value is -1.37. The second-order valence-corrected chi connectivity index (χ2v) is 2.21. The molecule has 0 amide bonds. The molecule has 0 unspecified atom stereocenters. The normalized spacial score (nSPS) is 9.09. The molecule has 0 aromatic heterocycles. The number of carbonyl (C=O) groups excluding carboxylic acids is 1. The Bertz CT molecular complexity index is 249. The van der Waals surface area contributed by atoms with Crippen molar-refractivity contribution in [2.24, 2.45) is 0 Å². The zero-order chi connectivity index (χ0) is 8.10. The van der Waals surface area contributed by atoms with E-state index in [0.717, 1.165) is 0 Å². The molecule has 0 spiro atoms. The van der Waals surface area contributed by atoms with E-state index >= 15 is 0 Å². The molecule has 0 fully saturated rings. The molecule has 0 aliphatic rings. The van der Waals surface area contributed by atoms with E-state index < -0.39 is 0 Å². The van der Waals surface area contributed by atoms with E-state index in [1.807, 2.05) is 0 Å². The molecule has 55 valence electrons. The Morgan fingerprint density at radius 2 is 2.55 bits per heavy atom. The maximum atomic E-state index is 11.2. The fourth-order valence-corrected chi connectivity index (χ4v) is 0.816. The predicted molar refractivity (Wildman–Crippen MR) is 44.4 cm³/mol. The number of hydrogen-bond donors (Lipinski definition) is 0. The number of ketones is 1. The first kappa shape index (κ1) is 7.73. The number of Topliss-reactive ketones (excluding diaryl/α,β-unsaturated/α-hetero) is 1. The van der Waals surface area contributed by atoms with Crippen molar-refractivity contribution in [1.29, 1.82) is 0 Å². The monoisotopic (exact) mass is 145 g/mol. The van der Waals surface area contributed by atoms with Crippen molar-refractivity contribution >= 4 is 5.78 Å². The first-order chi connectivity index (χ1) is 5.34. The van der Waals surface area contributed by atoms with Crippen LogP contribution < -0.4 is 0 Å².